The summed E-state index contributed by atoms with van der Waals surface area (Å²) in [6.07, 6.45) is 0. The van der Waals surface area contributed by atoms with Crippen molar-refractivity contribution in [3.05, 3.63) is 52.5 Å². The van der Waals surface area contributed by atoms with Crippen molar-refractivity contribution in [2.24, 2.45) is 0 Å². The Hall–Kier alpha value is -1.92. The van der Waals surface area contributed by atoms with E-state index in [-0.39, 0.29) is 6.03 Å². The molecule has 0 unspecified atom stereocenters. The summed E-state index contributed by atoms with van der Waals surface area (Å²) in [7, 11) is 0. The van der Waals surface area contributed by atoms with Gasteiger partial charge in [0.25, 0.3) is 0 Å². The molecule has 21 heavy (non-hydrogen) atoms. The van der Waals surface area contributed by atoms with E-state index in [1.807, 2.05) is 49.4 Å². The van der Waals surface area contributed by atoms with E-state index in [0.717, 1.165) is 25.9 Å². The molecule has 6 heteroatoms. The molecule has 2 N–H and O–H groups in total. The lowest BCUT2D eigenvalue weighted by molar-refractivity contribution is 0.262. The van der Waals surface area contributed by atoms with Crippen LogP contribution in [-0.4, -0.2) is 11.0 Å². The van der Waals surface area contributed by atoms with Gasteiger partial charge in [0.05, 0.1) is 10.2 Å². The number of thiazole rings is 1. The summed E-state index contributed by atoms with van der Waals surface area (Å²) in [4.78, 5) is 16.4. The third kappa shape index (κ3) is 3.40. The molecule has 3 aromatic rings. The summed E-state index contributed by atoms with van der Waals surface area (Å²) in [5.41, 5.74) is 2.73. The number of nitrogens with zero attached hydrogens (tertiary/aromatic N) is 1. The van der Waals surface area contributed by atoms with Crippen LogP contribution in [-0.2, 0) is 0 Å². The smallest absolute Gasteiger partial charge is 0.308 e. The van der Waals surface area contributed by atoms with E-state index in [9.17, 15) is 4.79 Å². The Morgan fingerprint density at radius 1 is 1.19 bits per heavy atom. The molecule has 0 aliphatic carbocycles. The average Bonchev–Trinajstić information content (AvgIpc) is 2.79. The van der Waals surface area contributed by atoms with Gasteiger partial charge in [-0.15, -0.1) is 0 Å². The Bertz CT molecular complexity index is 816. The molecule has 0 spiro atoms. The first-order valence-corrected chi connectivity index (χ1v) is 7.92. The highest BCUT2D eigenvalue weighted by molar-refractivity contribution is 9.10. The summed E-state index contributed by atoms with van der Waals surface area (Å²) < 4.78 is 2.02. The number of halogens is 1. The minimum Gasteiger partial charge on any atom is -0.308 e. The van der Waals surface area contributed by atoms with Crippen molar-refractivity contribution in [2.75, 3.05) is 10.6 Å². The summed E-state index contributed by atoms with van der Waals surface area (Å²) >= 11 is 4.86. The molecule has 3 rings (SSSR count). The number of aryl methyl sites for hydroxylation is 1. The predicted octanol–water partition coefficient (Wildman–Crippen LogP) is 5.01. The van der Waals surface area contributed by atoms with Crippen molar-refractivity contribution < 1.29 is 4.79 Å². The molecule has 0 saturated carbocycles. The van der Waals surface area contributed by atoms with Crippen LogP contribution in [0.1, 0.15) is 5.56 Å². The Labute approximate surface area is 134 Å². The highest BCUT2D eigenvalue weighted by atomic mass is 79.9. The van der Waals surface area contributed by atoms with Gasteiger partial charge in [0.1, 0.15) is 0 Å². The second-order valence-corrected chi connectivity index (χ2v) is 6.53. The molecule has 0 atom stereocenters. The molecular formula is C15H12BrN3OS. The minimum absolute atomic E-state index is 0.293. The number of urea groups is 1. The van der Waals surface area contributed by atoms with Gasteiger partial charge in [-0.05, 0) is 42.8 Å². The number of nitrogens with one attached hydrogen (secondary N) is 2. The number of fused-ring (bicyclic) bond motifs is 1. The Kier molecular flexibility index (Phi) is 3.90. The van der Waals surface area contributed by atoms with Crippen LogP contribution in [0.25, 0.3) is 10.2 Å². The molecule has 0 aliphatic heterocycles. The van der Waals surface area contributed by atoms with Crippen LogP contribution in [0.2, 0.25) is 0 Å². The number of hydrogen-bond donors (Lipinski definition) is 2. The number of amides is 2. The van der Waals surface area contributed by atoms with Crippen molar-refractivity contribution in [1.82, 2.24) is 4.98 Å². The zero-order valence-corrected chi connectivity index (χ0v) is 13.6. The largest absolute Gasteiger partial charge is 0.325 e. The van der Waals surface area contributed by atoms with Crippen LogP contribution in [0.3, 0.4) is 0 Å². The molecule has 4 nitrogen and oxygen atoms in total. The molecule has 0 saturated heterocycles. The molecule has 0 fully saturated rings. The van der Waals surface area contributed by atoms with Crippen LogP contribution < -0.4 is 10.6 Å². The molecule has 1 aromatic heterocycles. The number of anilines is 2. The summed E-state index contributed by atoms with van der Waals surface area (Å²) in [5, 5.41) is 6.13. The molecule has 1 heterocycles. The van der Waals surface area contributed by atoms with E-state index in [2.05, 4.69) is 31.5 Å². The topological polar surface area (TPSA) is 54.0 Å². The number of aromatic nitrogens is 1. The standard InChI is InChI=1S/C15H12BrN3OS/c1-9-3-2-4-11(7-9)17-14(20)19-15-18-12-6-5-10(16)8-13(12)21-15/h2-8H,1H3,(H2,17,18,19,20). The quantitative estimate of drug-likeness (QED) is 0.673. The fourth-order valence-corrected chi connectivity index (χ4v) is 3.35. The van der Waals surface area contributed by atoms with Gasteiger partial charge in [0, 0.05) is 10.2 Å². The minimum atomic E-state index is -0.293. The first-order valence-electron chi connectivity index (χ1n) is 6.31. The molecule has 0 bridgehead atoms. The van der Waals surface area contributed by atoms with Crippen LogP contribution in [0.4, 0.5) is 15.6 Å². The Morgan fingerprint density at radius 3 is 2.86 bits per heavy atom. The number of rotatable bonds is 2. The lowest BCUT2D eigenvalue weighted by Gasteiger charge is -2.05. The lowest BCUT2D eigenvalue weighted by Crippen LogP contribution is -2.19. The normalized spacial score (nSPS) is 10.6. The molecule has 2 aromatic carbocycles. The van der Waals surface area contributed by atoms with Crippen molar-refractivity contribution in [2.45, 2.75) is 6.92 Å². The highest BCUT2D eigenvalue weighted by Gasteiger charge is 2.08. The number of hydrogen-bond acceptors (Lipinski definition) is 3. The number of carbonyl (C=O) groups excluding carboxylic acids is 1. The van der Waals surface area contributed by atoms with Crippen LogP contribution in [0.5, 0.6) is 0 Å². The van der Waals surface area contributed by atoms with Crippen LogP contribution >= 0.6 is 27.3 Å². The van der Waals surface area contributed by atoms with E-state index in [1.54, 1.807) is 0 Å². The number of benzene rings is 2. The maximum Gasteiger partial charge on any atom is 0.325 e. The molecule has 0 radical (unpaired) electrons. The number of carbonyl (C=O) groups is 1. The van der Waals surface area contributed by atoms with Crippen molar-refractivity contribution in [3.63, 3.8) is 0 Å². The van der Waals surface area contributed by atoms with Gasteiger partial charge in [-0.3, -0.25) is 5.32 Å². The van der Waals surface area contributed by atoms with E-state index >= 15 is 0 Å². The van der Waals surface area contributed by atoms with Crippen LogP contribution in [0.15, 0.2) is 46.9 Å². The summed E-state index contributed by atoms with van der Waals surface area (Å²) in [6, 6.07) is 13.2. The first-order chi connectivity index (χ1) is 10.1. The van der Waals surface area contributed by atoms with E-state index < -0.39 is 0 Å². The van der Waals surface area contributed by atoms with Gasteiger partial charge in [-0.1, -0.05) is 39.4 Å². The van der Waals surface area contributed by atoms with Gasteiger partial charge in [-0.25, -0.2) is 9.78 Å². The molecular weight excluding hydrogens is 350 g/mol. The Balaban J connectivity index is 1.74. The second kappa shape index (κ2) is 5.83. The van der Waals surface area contributed by atoms with Gasteiger partial charge in [0.15, 0.2) is 5.13 Å². The Morgan fingerprint density at radius 2 is 2.05 bits per heavy atom. The third-order valence-electron chi connectivity index (χ3n) is 2.85. The average molecular weight is 362 g/mol. The predicted molar refractivity (Wildman–Crippen MR) is 91.1 cm³/mol. The SMILES string of the molecule is Cc1cccc(NC(=O)Nc2nc3ccc(Br)cc3s2)c1. The second-order valence-electron chi connectivity index (χ2n) is 4.58. The molecule has 2 amide bonds. The first kappa shape index (κ1) is 14.0. The fourth-order valence-electron chi connectivity index (χ4n) is 1.93. The van der Waals surface area contributed by atoms with Crippen LogP contribution in [0, 0.1) is 6.92 Å². The molecule has 0 aliphatic rings. The van der Waals surface area contributed by atoms with Gasteiger partial charge >= 0.3 is 6.03 Å². The van der Waals surface area contributed by atoms with Gasteiger partial charge in [-0.2, -0.15) is 0 Å². The van der Waals surface area contributed by atoms with E-state index in [0.29, 0.717) is 5.13 Å². The zero-order chi connectivity index (χ0) is 14.8. The fraction of sp³-hybridized carbons (Fsp3) is 0.0667. The maximum absolute atomic E-state index is 12.0. The molecule has 106 valence electrons. The highest BCUT2D eigenvalue weighted by Crippen LogP contribution is 2.28. The van der Waals surface area contributed by atoms with Gasteiger partial charge in [0.2, 0.25) is 0 Å². The van der Waals surface area contributed by atoms with Crippen molar-refractivity contribution in [1.29, 1.82) is 0 Å². The van der Waals surface area contributed by atoms with Crippen molar-refractivity contribution in [3.8, 4) is 0 Å². The lowest BCUT2D eigenvalue weighted by atomic mass is 10.2. The van der Waals surface area contributed by atoms with Crippen molar-refractivity contribution >= 4 is 54.3 Å². The summed E-state index contributed by atoms with van der Waals surface area (Å²) in [6.45, 7) is 1.98. The maximum atomic E-state index is 12.0. The van der Waals surface area contributed by atoms with E-state index in [1.165, 1.54) is 11.3 Å². The monoisotopic (exact) mass is 361 g/mol. The van der Waals surface area contributed by atoms with Gasteiger partial charge < -0.3 is 5.32 Å². The zero-order valence-electron chi connectivity index (χ0n) is 11.2. The summed E-state index contributed by atoms with van der Waals surface area (Å²) in [5.74, 6) is 0. The van der Waals surface area contributed by atoms with E-state index in [4.69, 9.17) is 0 Å². The third-order valence-corrected chi connectivity index (χ3v) is 4.27.